The molecular formula is C11H24N2OS. The van der Waals surface area contributed by atoms with Gasteiger partial charge in [0.1, 0.15) is 0 Å². The van der Waals surface area contributed by atoms with Crippen LogP contribution in [0.5, 0.6) is 0 Å². The van der Waals surface area contributed by atoms with Crippen molar-refractivity contribution in [2.75, 3.05) is 25.6 Å². The van der Waals surface area contributed by atoms with E-state index in [1.807, 2.05) is 18.9 Å². The van der Waals surface area contributed by atoms with Gasteiger partial charge in [0.2, 0.25) is 5.91 Å². The molecule has 2 atom stereocenters. The molecule has 0 radical (unpaired) electrons. The largest absolute Gasteiger partial charge is 0.342 e. The maximum Gasteiger partial charge on any atom is 0.225 e. The van der Waals surface area contributed by atoms with Gasteiger partial charge in [-0.15, -0.1) is 0 Å². The van der Waals surface area contributed by atoms with Crippen molar-refractivity contribution >= 4 is 17.7 Å². The van der Waals surface area contributed by atoms with Crippen LogP contribution >= 0.6 is 11.8 Å². The Morgan fingerprint density at radius 1 is 1.47 bits per heavy atom. The minimum Gasteiger partial charge on any atom is -0.342 e. The summed E-state index contributed by atoms with van der Waals surface area (Å²) in [5.41, 5.74) is 5.43. The van der Waals surface area contributed by atoms with Crippen LogP contribution in [0.1, 0.15) is 26.7 Å². The van der Waals surface area contributed by atoms with Gasteiger partial charge in [-0.25, -0.2) is 0 Å². The smallest absolute Gasteiger partial charge is 0.225 e. The summed E-state index contributed by atoms with van der Waals surface area (Å²) < 4.78 is 0. The second kappa shape index (κ2) is 7.99. The number of thioether (sulfide) groups is 1. The van der Waals surface area contributed by atoms with Crippen molar-refractivity contribution in [3.8, 4) is 0 Å². The lowest BCUT2D eigenvalue weighted by Crippen LogP contribution is -2.39. The summed E-state index contributed by atoms with van der Waals surface area (Å²) in [5.74, 6) is 1.33. The molecule has 4 heteroatoms. The fourth-order valence-corrected chi connectivity index (χ4v) is 2.17. The summed E-state index contributed by atoms with van der Waals surface area (Å²) in [4.78, 5) is 13.8. The molecule has 2 unspecified atom stereocenters. The predicted molar refractivity (Wildman–Crippen MR) is 68.1 cm³/mol. The van der Waals surface area contributed by atoms with Crippen LogP contribution in [0.25, 0.3) is 0 Å². The number of nitrogens with two attached hydrogens (primary N) is 1. The minimum absolute atomic E-state index is 0.0999. The van der Waals surface area contributed by atoms with Gasteiger partial charge in [-0.2, -0.15) is 11.8 Å². The molecule has 0 spiro atoms. The Balaban J connectivity index is 4.05. The fourth-order valence-electron chi connectivity index (χ4n) is 1.47. The van der Waals surface area contributed by atoms with Crippen LogP contribution in [0, 0.1) is 5.92 Å². The molecule has 3 nitrogen and oxygen atoms in total. The Hall–Kier alpha value is -0.220. The third-order valence-corrected chi connectivity index (χ3v) is 3.50. The van der Waals surface area contributed by atoms with Crippen LogP contribution in [0.4, 0.5) is 0 Å². The van der Waals surface area contributed by atoms with Gasteiger partial charge in [0.25, 0.3) is 0 Å². The van der Waals surface area contributed by atoms with Crippen molar-refractivity contribution < 1.29 is 4.79 Å². The van der Waals surface area contributed by atoms with E-state index in [9.17, 15) is 4.79 Å². The summed E-state index contributed by atoms with van der Waals surface area (Å²) in [5, 5.41) is 0. The third kappa shape index (κ3) is 5.42. The van der Waals surface area contributed by atoms with Crippen molar-refractivity contribution in [2.45, 2.75) is 32.7 Å². The van der Waals surface area contributed by atoms with E-state index in [0.717, 1.165) is 18.6 Å². The highest BCUT2D eigenvalue weighted by Gasteiger charge is 2.20. The zero-order valence-corrected chi connectivity index (χ0v) is 11.1. The molecule has 2 N–H and O–H groups in total. The molecule has 0 aliphatic heterocycles. The van der Waals surface area contributed by atoms with Crippen LogP contribution in [0.2, 0.25) is 0 Å². The maximum atomic E-state index is 11.9. The summed E-state index contributed by atoms with van der Waals surface area (Å²) in [7, 11) is 1.89. The van der Waals surface area contributed by atoms with Crippen LogP contribution < -0.4 is 5.73 Å². The van der Waals surface area contributed by atoms with Gasteiger partial charge in [0.15, 0.2) is 0 Å². The summed E-state index contributed by atoms with van der Waals surface area (Å²) in [6, 6.07) is 0.313. The number of carbonyl (C=O) groups excluding carboxylic acids is 1. The Morgan fingerprint density at radius 3 is 2.53 bits per heavy atom. The molecule has 0 rings (SSSR count). The molecule has 0 saturated carbocycles. The first-order valence-electron chi connectivity index (χ1n) is 5.50. The van der Waals surface area contributed by atoms with Crippen molar-refractivity contribution in [3.05, 3.63) is 0 Å². The first-order valence-corrected chi connectivity index (χ1v) is 6.89. The first-order chi connectivity index (χ1) is 7.04. The number of rotatable bonds is 7. The van der Waals surface area contributed by atoms with Gasteiger partial charge in [0, 0.05) is 24.8 Å². The standard InChI is InChI=1S/C11H24N2OS/c1-9(6-5-7-12)11(14)13(3)10(2)8-15-4/h9-10H,5-8,12H2,1-4H3. The van der Waals surface area contributed by atoms with E-state index in [1.54, 1.807) is 11.8 Å². The fraction of sp³-hybridized carbons (Fsp3) is 0.909. The number of carbonyl (C=O) groups is 1. The van der Waals surface area contributed by atoms with Crippen molar-refractivity contribution in [1.29, 1.82) is 0 Å². The van der Waals surface area contributed by atoms with Crippen molar-refractivity contribution in [3.63, 3.8) is 0 Å². The quantitative estimate of drug-likeness (QED) is 0.725. The van der Waals surface area contributed by atoms with Gasteiger partial charge in [-0.05, 0) is 32.6 Å². The Morgan fingerprint density at radius 2 is 2.07 bits per heavy atom. The van der Waals surface area contributed by atoms with Crippen molar-refractivity contribution in [1.82, 2.24) is 4.90 Å². The summed E-state index contributed by atoms with van der Waals surface area (Å²) in [6.45, 7) is 4.74. The molecule has 15 heavy (non-hydrogen) atoms. The molecule has 0 aromatic rings. The zero-order chi connectivity index (χ0) is 11.8. The van der Waals surface area contributed by atoms with Crippen molar-refractivity contribution in [2.24, 2.45) is 11.7 Å². The van der Waals surface area contributed by atoms with E-state index in [-0.39, 0.29) is 11.8 Å². The highest BCUT2D eigenvalue weighted by molar-refractivity contribution is 7.98. The van der Waals surface area contributed by atoms with Gasteiger partial charge in [0.05, 0.1) is 0 Å². The molecule has 0 aliphatic carbocycles. The molecule has 0 fully saturated rings. The lowest BCUT2D eigenvalue weighted by atomic mass is 10.0. The Bertz CT molecular complexity index is 187. The van der Waals surface area contributed by atoms with Crippen LogP contribution in [0.15, 0.2) is 0 Å². The van der Waals surface area contributed by atoms with Gasteiger partial charge in [-0.3, -0.25) is 4.79 Å². The normalized spacial score (nSPS) is 14.7. The molecule has 0 aliphatic rings. The van der Waals surface area contributed by atoms with E-state index < -0.39 is 0 Å². The molecule has 90 valence electrons. The number of hydrogen-bond donors (Lipinski definition) is 1. The van der Waals surface area contributed by atoms with E-state index in [0.29, 0.717) is 12.6 Å². The van der Waals surface area contributed by atoms with E-state index in [2.05, 4.69) is 13.2 Å². The monoisotopic (exact) mass is 232 g/mol. The molecule has 0 bridgehead atoms. The van der Waals surface area contributed by atoms with E-state index in [1.165, 1.54) is 0 Å². The lowest BCUT2D eigenvalue weighted by molar-refractivity contribution is -0.135. The minimum atomic E-state index is 0.0999. The van der Waals surface area contributed by atoms with E-state index >= 15 is 0 Å². The molecule has 0 heterocycles. The van der Waals surface area contributed by atoms with Crippen LogP contribution in [0.3, 0.4) is 0 Å². The highest BCUT2D eigenvalue weighted by atomic mass is 32.2. The molecular weight excluding hydrogens is 208 g/mol. The summed E-state index contributed by atoms with van der Waals surface area (Å²) in [6.07, 6.45) is 3.88. The molecule has 1 amide bonds. The topological polar surface area (TPSA) is 46.3 Å². The number of hydrogen-bond acceptors (Lipinski definition) is 3. The number of nitrogens with zero attached hydrogens (tertiary/aromatic N) is 1. The average molecular weight is 232 g/mol. The maximum absolute atomic E-state index is 11.9. The Kier molecular flexibility index (Phi) is 7.88. The highest BCUT2D eigenvalue weighted by Crippen LogP contribution is 2.12. The second-order valence-electron chi connectivity index (χ2n) is 4.09. The number of amides is 1. The lowest BCUT2D eigenvalue weighted by Gasteiger charge is -2.27. The molecule has 0 aromatic carbocycles. The van der Waals surface area contributed by atoms with Gasteiger partial charge in [-0.1, -0.05) is 6.92 Å². The van der Waals surface area contributed by atoms with Crippen LogP contribution in [-0.2, 0) is 4.79 Å². The van der Waals surface area contributed by atoms with E-state index in [4.69, 9.17) is 5.73 Å². The average Bonchev–Trinajstić information content (AvgIpc) is 2.24. The second-order valence-corrected chi connectivity index (χ2v) is 5.00. The van der Waals surface area contributed by atoms with Crippen LogP contribution in [-0.4, -0.2) is 42.4 Å². The zero-order valence-electron chi connectivity index (χ0n) is 10.3. The molecule has 0 aromatic heterocycles. The first kappa shape index (κ1) is 14.8. The van der Waals surface area contributed by atoms with Gasteiger partial charge >= 0.3 is 0 Å². The molecule has 0 saturated heterocycles. The third-order valence-electron chi connectivity index (χ3n) is 2.68. The predicted octanol–water partition coefficient (Wildman–Crippen LogP) is 1.57. The van der Waals surface area contributed by atoms with Gasteiger partial charge < -0.3 is 10.6 Å². The summed E-state index contributed by atoms with van der Waals surface area (Å²) >= 11 is 1.77. The SMILES string of the molecule is CSCC(C)N(C)C(=O)C(C)CCCN. The Labute approximate surface area is 97.8 Å².